The molecule has 1 aromatic carbocycles. The van der Waals surface area contributed by atoms with E-state index in [0.29, 0.717) is 24.4 Å². The van der Waals surface area contributed by atoms with E-state index in [1.807, 2.05) is 32.0 Å². The summed E-state index contributed by atoms with van der Waals surface area (Å²) in [7, 11) is 0. The Hall–Kier alpha value is -2.89. The van der Waals surface area contributed by atoms with E-state index in [4.69, 9.17) is 4.74 Å². The van der Waals surface area contributed by atoms with Gasteiger partial charge in [-0.15, -0.1) is 0 Å². The molecule has 1 aromatic heterocycles. The number of aromatic nitrogens is 1. The van der Waals surface area contributed by atoms with Gasteiger partial charge in [-0.3, -0.25) is 14.6 Å². The lowest BCUT2D eigenvalue weighted by Crippen LogP contribution is -2.36. The fraction of sp³-hybridized carbons (Fsp3) is 0.278. The van der Waals surface area contributed by atoms with Crippen molar-refractivity contribution in [3.05, 3.63) is 59.4 Å². The zero-order chi connectivity index (χ0) is 17.4. The van der Waals surface area contributed by atoms with Crippen molar-refractivity contribution < 1.29 is 14.3 Å². The number of pyridine rings is 1. The SMILES string of the molecule is Cc1ccc(OCC(=O)NCCNC(=O)c2cccnc2)c(C)c1. The molecule has 2 amide bonds. The molecular formula is C18H21N3O3. The third-order valence-corrected chi connectivity index (χ3v) is 3.35. The van der Waals surface area contributed by atoms with Crippen LogP contribution in [-0.4, -0.2) is 36.5 Å². The summed E-state index contributed by atoms with van der Waals surface area (Å²) in [6, 6.07) is 9.17. The highest BCUT2D eigenvalue weighted by Gasteiger charge is 2.06. The number of ether oxygens (including phenoxy) is 1. The third kappa shape index (κ3) is 5.39. The second kappa shape index (κ2) is 8.67. The molecule has 2 N–H and O–H groups in total. The van der Waals surface area contributed by atoms with Gasteiger partial charge in [0.05, 0.1) is 5.56 Å². The average Bonchev–Trinajstić information content (AvgIpc) is 2.58. The number of aryl methyl sites for hydroxylation is 2. The Balaban J connectivity index is 1.65. The Kier molecular flexibility index (Phi) is 6.31. The van der Waals surface area contributed by atoms with Gasteiger partial charge < -0.3 is 15.4 Å². The molecule has 0 aliphatic carbocycles. The van der Waals surface area contributed by atoms with E-state index in [1.165, 1.54) is 6.20 Å². The van der Waals surface area contributed by atoms with Crippen molar-refractivity contribution in [2.24, 2.45) is 0 Å². The normalized spacial score (nSPS) is 10.1. The van der Waals surface area contributed by atoms with Gasteiger partial charge in [-0.2, -0.15) is 0 Å². The minimum absolute atomic E-state index is 0.0551. The van der Waals surface area contributed by atoms with Gasteiger partial charge in [0.1, 0.15) is 5.75 Å². The monoisotopic (exact) mass is 327 g/mol. The largest absolute Gasteiger partial charge is 0.484 e. The second-order valence-electron chi connectivity index (χ2n) is 5.41. The molecule has 0 saturated heterocycles. The lowest BCUT2D eigenvalue weighted by Gasteiger charge is -2.10. The Morgan fingerprint density at radius 3 is 2.62 bits per heavy atom. The highest BCUT2D eigenvalue weighted by atomic mass is 16.5. The van der Waals surface area contributed by atoms with Crippen LogP contribution < -0.4 is 15.4 Å². The molecule has 0 aliphatic rings. The Bertz CT molecular complexity index is 702. The van der Waals surface area contributed by atoms with Gasteiger partial charge >= 0.3 is 0 Å². The minimum atomic E-state index is -0.231. The lowest BCUT2D eigenvalue weighted by atomic mass is 10.1. The molecule has 0 spiro atoms. The number of amides is 2. The van der Waals surface area contributed by atoms with Crippen LogP contribution in [0.15, 0.2) is 42.7 Å². The summed E-state index contributed by atoms with van der Waals surface area (Å²) in [6.07, 6.45) is 3.10. The number of carbonyl (C=O) groups is 2. The lowest BCUT2D eigenvalue weighted by molar-refractivity contribution is -0.123. The van der Waals surface area contributed by atoms with Crippen molar-refractivity contribution >= 4 is 11.8 Å². The fourth-order valence-corrected chi connectivity index (χ4v) is 2.13. The third-order valence-electron chi connectivity index (χ3n) is 3.35. The number of carbonyl (C=O) groups excluding carboxylic acids is 2. The molecule has 0 aliphatic heterocycles. The number of nitrogens with zero attached hydrogens (tertiary/aromatic N) is 1. The standard InChI is InChI=1S/C18H21N3O3/c1-13-5-6-16(14(2)10-13)24-12-17(22)20-8-9-21-18(23)15-4-3-7-19-11-15/h3-7,10-11H,8-9,12H2,1-2H3,(H,20,22)(H,21,23). The van der Waals surface area contributed by atoms with Gasteiger partial charge in [-0.1, -0.05) is 17.7 Å². The summed E-state index contributed by atoms with van der Waals surface area (Å²) in [5, 5.41) is 5.41. The molecule has 1 heterocycles. The van der Waals surface area contributed by atoms with Crippen LogP contribution in [0.2, 0.25) is 0 Å². The van der Waals surface area contributed by atoms with Crippen molar-refractivity contribution in [3.8, 4) is 5.75 Å². The summed E-state index contributed by atoms with van der Waals surface area (Å²) < 4.78 is 5.49. The van der Waals surface area contributed by atoms with E-state index in [1.54, 1.807) is 18.3 Å². The zero-order valence-corrected chi connectivity index (χ0v) is 13.8. The van der Waals surface area contributed by atoms with Crippen LogP contribution in [0.3, 0.4) is 0 Å². The Labute approximate surface area is 141 Å². The predicted molar refractivity (Wildman–Crippen MR) is 91.0 cm³/mol. The van der Waals surface area contributed by atoms with Gasteiger partial charge in [-0.05, 0) is 37.6 Å². The smallest absolute Gasteiger partial charge is 0.258 e. The molecule has 2 aromatic rings. The molecule has 0 saturated carbocycles. The van der Waals surface area contributed by atoms with E-state index in [0.717, 1.165) is 11.1 Å². The maximum atomic E-state index is 11.8. The quantitative estimate of drug-likeness (QED) is 0.757. The van der Waals surface area contributed by atoms with Crippen LogP contribution in [-0.2, 0) is 4.79 Å². The minimum Gasteiger partial charge on any atom is -0.484 e. The molecule has 0 unspecified atom stereocenters. The molecule has 6 heteroatoms. The average molecular weight is 327 g/mol. The molecule has 0 radical (unpaired) electrons. The van der Waals surface area contributed by atoms with Crippen molar-refractivity contribution in [2.45, 2.75) is 13.8 Å². The number of hydrogen-bond donors (Lipinski definition) is 2. The van der Waals surface area contributed by atoms with E-state index in [9.17, 15) is 9.59 Å². The first-order valence-electron chi connectivity index (χ1n) is 7.71. The molecule has 0 fully saturated rings. The molecule has 24 heavy (non-hydrogen) atoms. The highest BCUT2D eigenvalue weighted by Crippen LogP contribution is 2.18. The van der Waals surface area contributed by atoms with Gasteiger partial charge in [0.2, 0.25) is 0 Å². The second-order valence-corrected chi connectivity index (χ2v) is 5.41. The number of nitrogens with one attached hydrogen (secondary N) is 2. The fourth-order valence-electron chi connectivity index (χ4n) is 2.13. The van der Waals surface area contributed by atoms with Crippen molar-refractivity contribution in [3.63, 3.8) is 0 Å². The van der Waals surface area contributed by atoms with Crippen LogP contribution in [0, 0.1) is 13.8 Å². The van der Waals surface area contributed by atoms with E-state index in [-0.39, 0.29) is 18.4 Å². The summed E-state index contributed by atoms with van der Waals surface area (Å²) in [6.45, 7) is 4.56. The highest BCUT2D eigenvalue weighted by molar-refractivity contribution is 5.93. The summed E-state index contributed by atoms with van der Waals surface area (Å²) in [5.74, 6) is 0.245. The van der Waals surface area contributed by atoms with E-state index >= 15 is 0 Å². The first-order valence-corrected chi connectivity index (χ1v) is 7.71. The first kappa shape index (κ1) is 17.5. The molecule has 126 valence electrons. The topological polar surface area (TPSA) is 80.3 Å². The molecule has 0 bridgehead atoms. The maximum absolute atomic E-state index is 11.8. The molecular weight excluding hydrogens is 306 g/mol. The van der Waals surface area contributed by atoms with Gasteiger partial charge in [-0.25, -0.2) is 0 Å². The van der Waals surface area contributed by atoms with Crippen molar-refractivity contribution in [2.75, 3.05) is 19.7 Å². The Morgan fingerprint density at radius 2 is 1.92 bits per heavy atom. The first-order chi connectivity index (χ1) is 11.6. The molecule has 6 nitrogen and oxygen atoms in total. The van der Waals surface area contributed by atoms with Crippen LogP contribution in [0.1, 0.15) is 21.5 Å². The van der Waals surface area contributed by atoms with Crippen molar-refractivity contribution in [1.82, 2.24) is 15.6 Å². The predicted octanol–water partition coefficient (Wildman–Crippen LogP) is 1.62. The van der Waals surface area contributed by atoms with Crippen molar-refractivity contribution in [1.29, 1.82) is 0 Å². The molecule has 0 atom stereocenters. The summed E-state index contributed by atoms with van der Waals surface area (Å²) in [5.41, 5.74) is 2.63. The van der Waals surface area contributed by atoms with Crippen LogP contribution >= 0.6 is 0 Å². The van der Waals surface area contributed by atoms with Crippen LogP contribution in [0.4, 0.5) is 0 Å². The Morgan fingerprint density at radius 1 is 1.12 bits per heavy atom. The maximum Gasteiger partial charge on any atom is 0.258 e. The number of hydrogen-bond acceptors (Lipinski definition) is 4. The number of rotatable bonds is 7. The van der Waals surface area contributed by atoms with Gasteiger partial charge in [0.15, 0.2) is 6.61 Å². The zero-order valence-electron chi connectivity index (χ0n) is 13.8. The van der Waals surface area contributed by atoms with Crippen LogP contribution in [0.5, 0.6) is 5.75 Å². The number of benzene rings is 1. The van der Waals surface area contributed by atoms with E-state index in [2.05, 4.69) is 15.6 Å². The van der Waals surface area contributed by atoms with E-state index < -0.39 is 0 Å². The summed E-state index contributed by atoms with van der Waals surface area (Å²) in [4.78, 5) is 27.4. The summed E-state index contributed by atoms with van der Waals surface area (Å²) >= 11 is 0. The van der Waals surface area contributed by atoms with Crippen LogP contribution in [0.25, 0.3) is 0 Å². The van der Waals surface area contributed by atoms with Gasteiger partial charge in [0.25, 0.3) is 11.8 Å². The van der Waals surface area contributed by atoms with Gasteiger partial charge in [0, 0.05) is 25.5 Å². The molecule has 2 rings (SSSR count).